The lowest BCUT2D eigenvalue weighted by atomic mass is 9.80. The summed E-state index contributed by atoms with van der Waals surface area (Å²) in [4.78, 5) is 0. The summed E-state index contributed by atoms with van der Waals surface area (Å²) in [7, 11) is 0. The summed E-state index contributed by atoms with van der Waals surface area (Å²) in [5.41, 5.74) is 17.7. The van der Waals surface area contributed by atoms with Crippen molar-refractivity contribution in [3.63, 3.8) is 0 Å². The van der Waals surface area contributed by atoms with Crippen molar-refractivity contribution in [1.29, 1.82) is 0 Å². The summed E-state index contributed by atoms with van der Waals surface area (Å²) in [6.45, 7) is 39.5. The molecule has 0 aromatic heterocycles. The lowest BCUT2D eigenvalue weighted by Gasteiger charge is -2.27. The molecule has 6 aliphatic rings. The second kappa shape index (κ2) is 39.5. The summed E-state index contributed by atoms with van der Waals surface area (Å²) < 4.78 is 26.0. The average Bonchev–Trinajstić information content (AvgIpc) is 3.61. The molecule has 4 nitrogen and oxygen atoms in total. The van der Waals surface area contributed by atoms with Gasteiger partial charge in [-0.25, -0.2) is 0 Å². The largest absolute Gasteiger partial charge is 0.493 e. The van der Waals surface area contributed by atoms with Crippen LogP contribution in [0.15, 0.2) is 48.5 Å². The second-order valence-electron chi connectivity index (χ2n) is 17.7. The SMILES string of the molecule is CC.CC.CC.CC.CC.CC.CC.CC.CCCC1COc2ccc3c(c2-c2c(ccc4c2CCCC4)OC1)CCCC3.CCCC1COc2ccc3c(c2-c2c(ccc4c2CCCC4)OC1)CCCC3. The standard InChI is InChI=1S/2C26H32O2.8C2H6/c2*1-2-7-18-16-27-23-14-12-19-8-3-5-10-21(19)25(23)26-22-11-6-4-9-20(22)13-15-24(26)28-17-18;8*1-2/h2*12-15,18H,2-11,16-17H2,1H3;8*1-2H3. The Labute approximate surface area is 446 Å². The van der Waals surface area contributed by atoms with Gasteiger partial charge in [-0.2, -0.15) is 0 Å². The molecule has 0 bridgehead atoms. The zero-order valence-electron chi connectivity index (χ0n) is 50.4. The minimum absolute atomic E-state index is 0.455. The van der Waals surface area contributed by atoms with Crippen LogP contribution in [0.3, 0.4) is 0 Å². The molecule has 0 fully saturated rings. The number of hydrogen-bond acceptors (Lipinski definition) is 4. The van der Waals surface area contributed by atoms with Crippen molar-refractivity contribution in [2.75, 3.05) is 26.4 Å². The zero-order valence-corrected chi connectivity index (χ0v) is 50.4. The van der Waals surface area contributed by atoms with Crippen molar-refractivity contribution in [3.05, 3.63) is 93.0 Å². The Morgan fingerprint density at radius 2 is 0.486 bits per heavy atom. The summed E-state index contributed by atoms with van der Waals surface area (Å²) in [5.74, 6) is 5.27. The fourth-order valence-electron chi connectivity index (χ4n) is 10.9. The molecule has 10 rings (SSSR count). The van der Waals surface area contributed by atoms with E-state index in [1.54, 1.807) is 0 Å². The molecule has 0 N–H and O–H groups in total. The van der Waals surface area contributed by atoms with Crippen molar-refractivity contribution in [3.8, 4) is 45.3 Å². The van der Waals surface area contributed by atoms with Gasteiger partial charge in [0.15, 0.2) is 0 Å². The topological polar surface area (TPSA) is 36.9 Å². The van der Waals surface area contributed by atoms with Crippen molar-refractivity contribution in [2.24, 2.45) is 11.8 Å². The molecule has 2 heterocycles. The van der Waals surface area contributed by atoms with Crippen molar-refractivity contribution in [2.45, 2.75) is 253 Å². The first-order chi connectivity index (χ1) is 35.7. The number of fused-ring (bicyclic) bond motifs is 14. The fraction of sp³-hybridized carbons (Fsp3) is 0.647. The Balaban J connectivity index is 0.000000565. The molecule has 0 atom stereocenters. The first-order valence-electron chi connectivity index (χ1n) is 30.8. The Kier molecular flexibility index (Phi) is 36.3. The Bertz CT molecular complexity index is 1740. The molecule has 0 amide bonds. The third-order valence-electron chi connectivity index (χ3n) is 13.8. The second-order valence-corrected chi connectivity index (χ2v) is 17.7. The lowest BCUT2D eigenvalue weighted by Crippen LogP contribution is -2.19. The van der Waals surface area contributed by atoms with Crippen LogP contribution < -0.4 is 18.9 Å². The number of ether oxygens (including phenoxy) is 4. The Morgan fingerprint density at radius 1 is 0.292 bits per heavy atom. The Hall–Kier alpha value is -3.92. The molecule has 0 spiro atoms. The third-order valence-corrected chi connectivity index (χ3v) is 13.8. The maximum atomic E-state index is 6.51. The predicted octanol–water partition coefficient (Wildman–Crippen LogP) is 20.8. The van der Waals surface area contributed by atoms with E-state index in [1.165, 1.54) is 182 Å². The van der Waals surface area contributed by atoms with E-state index in [0.717, 1.165) is 62.3 Å². The Morgan fingerprint density at radius 3 is 0.681 bits per heavy atom. The highest BCUT2D eigenvalue weighted by atomic mass is 16.5. The summed E-state index contributed by atoms with van der Waals surface area (Å²) in [6.07, 6.45) is 24.5. The van der Waals surface area contributed by atoms with Crippen molar-refractivity contribution < 1.29 is 18.9 Å². The highest BCUT2D eigenvalue weighted by Crippen LogP contribution is 2.49. The molecule has 0 saturated carbocycles. The zero-order chi connectivity index (χ0) is 53.8. The smallest absolute Gasteiger partial charge is 0.127 e. The van der Waals surface area contributed by atoms with Gasteiger partial charge in [-0.05, 0) is 184 Å². The molecule has 4 aliphatic carbocycles. The van der Waals surface area contributed by atoms with Gasteiger partial charge in [-0.3, -0.25) is 0 Å². The normalized spacial score (nSPS) is 15.4. The van der Waals surface area contributed by atoms with Crippen LogP contribution in [0, 0.1) is 11.8 Å². The molecular weight excluding hydrogens is 881 g/mol. The van der Waals surface area contributed by atoms with E-state index in [4.69, 9.17) is 18.9 Å². The minimum atomic E-state index is 0.455. The fourth-order valence-corrected chi connectivity index (χ4v) is 10.9. The van der Waals surface area contributed by atoms with E-state index in [2.05, 4.69) is 62.4 Å². The van der Waals surface area contributed by atoms with Crippen LogP contribution in [0.2, 0.25) is 0 Å². The van der Waals surface area contributed by atoms with Crippen LogP contribution >= 0.6 is 0 Å². The predicted molar refractivity (Wildman–Crippen MR) is 320 cm³/mol. The van der Waals surface area contributed by atoms with Gasteiger partial charge in [0.25, 0.3) is 0 Å². The van der Waals surface area contributed by atoms with Gasteiger partial charge < -0.3 is 18.9 Å². The quantitative estimate of drug-likeness (QED) is 0.204. The first-order valence-corrected chi connectivity index (χ1v) is 30.8. The van der Waals surface area contributed by atoms with E-state index in [9.17, 15) is 0 Å². The lowest BCUT2D eigenvalue weighted by molar-refractivity contribution is 0.172. The van der Waals surface area contributed by atoms with Gasteiger partial charge in [0.2, 0.25) is 0 Å². The molecule has 4 heteroatoms. The number of benzene rings is 4. The van der Waals surface area contributed by atoms with Gasteiger partial charge in [0.1, 0.15) is 23.0 Å². The molecule has 0 unspecified atom stereocenters. The monoisotopic (exact) mass is 993 g/mol. The van der Waals surface area contributed by atoms with Crippen LogP contribution in [0.4, 0.5) is 0 Å². The molecule has 4 aromatic rings. The summed E-state index contributed by atoms with van der Waals surface area (Å²) >= 11 is 0. The molecule has 4 aromatic carbocycles. The number of aryl methyl sites for hydroxylation is 4. The molecule has 72 heavy (non-hydrogen) atoms. The van der Waals surface area contributed by atoms with Gasteiger partial charge >= 0.3 is 0 Å². The van der Waals surface area contributed by atoms with Gasteiger partial charge in [0, 0.05) is 34.1 Å². The minimum Gasteiger partial charge on any atom is -0.493 e. The maximum absolute atomic E-state index is 6.51. The maximum Gasteiger partial charge on any atom is 0.127 e. The number of rotatable bonds is 4. The third kappa shape index (κ3) is 17.6. The van der Waals surface area contributed by atoms with E-state index < -0.39 is 0 Å². The van der Waals surface area contributed by atoms with Crippen LogP contribution in [0.25, 0.3) is 22.3 Å². The highest BCUT2D eigenvalue weighted by Gasteiger charge is 2.30. The number of hydrogen-bond donors (Lipinski definition) is 0. The summed E-state index contributed by atoms with van der Waals surface area (Å²) in [6, 6.07) is 18.3. The average molecular weight is 994 g/mol. The molecule has 0 radical (unpaired) electrons. The van der Waals surface area contributed by atoms with Crippen LogP contribution in [0.5, 0.6) is 23.0 Å². The highest BCUT2D eigenvalue weighted by molar-refractivity contribution is 5.85. The first kappa shape index (κ1) is 66.1. The van der Waals surface area contributed by atoms with Crippen molar-refractivity contribution >= 4 is 0 Å². The van der Waals surface area contributed by atoms with Gasteiger partial charge in [0.05, 0.1) is 26.4 Å². The van der Waals surface area contributed by atoms with Gasteiger partial charge in [-0.15, -0.1) is 0 Å². The van der Waals surface area contributed by atoms with E-state index in [-0.39, 0.29) is 0 Å². The van der Waals surface area contributed by atoms with Gasteiger partial charge in [-0.1, -0.05) is 162 Å². The molecule has 0 saturated heterocycles. The van der Waals surface area contributed by atoms with E-state index in [0.29, 0.717) is 11.8 Å². The van der Waals surface area contributed by atoms with Crippen LogP contribution in [0.1, 0.15) is 246 Å². The molecule has 2 aliphatic heterocycles. The molecular formula is C68H112O4. The summed E-state index contributed by atoms with van der Waals surface area (Å²) in [5, 5.41) is 0. The van der Waals surface area contributed by atoms with Crippen molar-refractivity contribution in [1.82, 2.24) is 0 Å². The molecule has 408 valence electrons. The van der Waals surface area contributed by atoms with E-state index in [1.807, 2.05) is 111 Å². The van der Waals surface area contributed by atoms with E-state index >= 15 is 0 Å². The van der Waals surface area contributed by atoms with Crippen LogP contribution in [-0.2, 0) is 51.4 Å². The van der Waals surface area contributed by atoms with Crippen LogP contribution in [-0.4, -0.2) is 26.4 Å².